The van der Waals surface area contributed by atoms with Crippen molar-refractivity contribution in [1.29, 1.82) is 0 Å². The summed E-state index contributed by atoms with van der Waals surface area (Å²) in [6.45, 7) is 1.02. The normalized spacial score (nSPS) is 14.0. The largest absolute Gasteiger partial charge is 0.468 e. The molecule has 0 bridgehead atoms. The molecule has 92 valence electrons. The first-order valence-electron chi connectivity index (χ1n) is 4.90. The molecule has 1 aromatic rings. The Labute approximate surface area is 91.6 Å². The fourth-order valence-electron chi connectivity index (χ4n) is 1.17. The molecule has 16 heavy (non-hydrogen) atoms. The van der Waals surface area contributed by atoms with Crippen molar-refractivity contribution in [1.82, 2.24) is 5.32 Å². The Morgan fingerprint density at radius 1 is 1.50 bits per heavy atom. The fourth-order valence-corrected chi connectivity index (χ4v) is 1.17. The van der Waals surface area contributed by atoms with Crippen molar-refractivity contribution in [3.63, 3.8) is 0 Å². The summed E-state index contributed by atoms with van der Waals surface area (Å²) >= 11 is 0. The molecule has 1 atom stereocenters. The molecule has 0 aromatic carbocycles. The lowest BCUT2D eigenvalue weighted by Gasteiger charge is -2.12. The summed E-state index contributed by atoms with van der Waals surface area (Å²) in [6.07, 6.45) is -2.71. The van der Waals surface area contributed by atoms with Gasteiger partial charge >= 0.3 is 6.18 Å². The Balaban J connectivity index is 2.08. The lowest BCUT2D eigenvalue weighted by molar-refractivity contribution is -0.173. The highest BCUT2D eigenvalue weighted by Gasteiger charge is 2.27. The van der Waals surface area contributed by atoms with Gasteiger partial charge in [-0.3, -0.25) is 0 Å². The average molecular weight is 237 g/mol. The predicted octanol–water partition coefficient (Wildman–Crippen LogP) is 2.51. The van der Waals surface area contributed by atoms with E-state index in [0.29, 0.717) is 6.54 Å². The Kier molecular flexibility index (Phi) is 4.82. The second kappa shape index (κ2) is 5.91. The topological polar surface area (TPSA) is 34.4 Å². The van der Waals surface area contributed by atoms with Crippen molar-refractivity contribution in [2.75, 3.05) is 19.8 Å². The van der Waals surface area contributed by atoms with Gasteiger partial charge in [0.15, 0.2) is 0 Å². The van der Waals surface area contributed by atoms with Gasteiger partial charge in [0.05, 0.1) is 18.9 Å². The molecule has 0 radical (unpaired) electrons. The van der Waals surface area contributed by atoms with E-state index in [4.69, 9.17) is 4.42 Å². The van der Waals surface area contributed by atoms with Crippen LogP contribution in [0.15, 0.2) is 22.8 Å². The number of nitrogens with one attached hydrogen (secondary N) is 1. The molecule has 0 aliphatic rings. The van der Waals surface area contributed by atoms with Crippen LogP contribution in [-0.4, -0.2) is 25.9 Å². The molecule has 0 unspecified atom stereocenters. The van der Waals surface area contributed by atoms with E-state index in [-0.39, 0.29) is 12.6 Å². The molecule has 6 heteroatoms. The quantitative estimate of drug-likeness (QED) is 0.772. The second-order valence-electron chi connectivity index (χ2n) is 3.36. The predicted molar refractivity (Wildman–Crippen MR) is 52.0 cm³/mol. The molecule has 1 aromatic heterocycles. The zero-order valence-electron chi connectivity index (χ0n) is 8.88. The third kappa shape index (κ3) is 5.18. The smallest absolute Gasteiger partial charge is 0.411 e. The first kappa shape index (κ1) is 13.1. The Morgan fingerprint density at radius 3 is 2.81 bits per heavy atom. The maximum atomic E-state index is 11.7. The third-order valence-electron chi connectivity index (χ3n) is 1.93. The fraction of sp³-hybridized carbons (Fsp3) is 0.600. The van der Waals surface area contributed by atoms with Crippen LogP contribution in [0, 0.1) is 0 Å². The maximum Gasteiger partial charge on any atom is 0.411 e. The number of ether oxygens (including phenoxy) is 1. The maximum absolute atomic E-state index is 11.7. The number of furan rings is 1. The summed E-state index contributed by atoms with van der Waals surface area (Å²) in [5.74, 6) is 0.746. The van der Waals surface area contributed by atoms with Gasteiger partial charge < -0.3 is 14.5 Å². The van der Waals surface area contributed by atoms with Gasteiger partial charge in [-0.15, -0.1) is 0 Å². The van der Waals surface area contributed by atoms with E-state index < -0.39 is 12.8 Å². The van der Waals surface area contributed by atoms with Crippen molar-refractivity contribution < 1.29 is 22.3 Å². The van der Waals surface area contributed by atoms with E-state index in [2.05, 4.69) is 10.1 Å². The summed E-state index contributed by atoms with van der Waals surface area (Å²) in [4.78, 5) is 0. The lowest BCUT2D eigenvalue weighted by Crippen LogP contribution is -2.25. The van der Waals surface area contributed by atoms with Crippen LogP contribution >= 0.6 is 0 Å². The van der Waals surface area contributed by atoms with Crippen LogP contribution in [0.5, 0.6) is 0 Å². The van der Waals surface area contributed by atoms with E-state index in [1.165, 1.54) is 0 Å². The molecule has 0 saturated heterocycles. The van der Waals surface area contributed by atoms with Crippen molar-refractivity contribution in [3.05, 3.63) is 24.2 Å². The van der Waals surface area contributed by atoms with Crippen LogP contribution in [0.3, 0.4) is 0 Å². The van der Waals surface area contributed by atoms with Gasteiger partial charge in [-0.1, -0.05) is 0 Å². The summed E-state index contributed by atoms with van der Waals surface area (Å²) in [7, 11) is 0. The van der Waals surface area contributed by atoms with E-state index in [9.17, 15) is 13.2 Å². The summed E-state index contributed by atoms with van der Waals surface area (Å²) in [5, 5.41) is 2.99. The zero-order chi connectivity index (χ0) is 12.0. The highest BCUT2D eigenvalue weighted by Crippen LogP contribution is 2.14. The van der Waals surface area contributed by atoms with Crippen molar-refractivity contribution >= 4 is 0 Å². The molecule has 1 rings (SSSR count). The van der Waals surface area contributed by atoms with Gasteiger partial charge in [-0.2, -0.15) is 13.2 Å². The van der Waals surface area contributed by atoms with E-state index in [1.807, 2.05) is 6.92 Å². The van der Waals surface area contributed by atoms with Crippen molar-refractivity contribution in [2.45, 2.75) is 19.1 Å². The van der Waals surface area contributed by atoms with Gasteiger partial charge in [-0.25, -0.2) is 0 Å². The first-order chi connectivity index (χ1) is 7.49. The van der Waals surface area contributed by atoms with Crippen molar-refractivity contribution in [3.8, 4) is 0 Å². The first-order valence-corrected chi connectivity index (χ1v) is 4.90. The van der Waals surface area contributed by atoms with Gasteiger partial charge in [0.1, 0.15) is 12.4 Å². The minimum atomic E-state index is -4.26. The van der Waals surface area contributed by atoms with Gasteiger partial charge in [-0.05, 0) is 19.1 Å². The zero-order valence-corrected chi connectivity index (χ0v) is 8.88. The number of hydrogen-bond acceptors (Lipinski definition) is 3. The number of halogens is 3. The molecule has 1 N–H and O–H groups in total. The molecule has 0 fully saturated rings. The van der Waals surface area contributed by atoms with Crippen LogP contribution < -0.4 is 5.32 Å². The molecule has 0 amide bonds. The Bertz CT molecular complexity index is 285. The second-order valence-corrected chi connectivity index (χ2v) is 3.36. The highest BCUT2D eigenvalue weighted by atomic mass is 19.4. The third-order valence-corrected chi connectivity index (χ3v) is 1.93. The molecule has 0 aliphatic heterocycles. The van der Waals surface area contributed by atoms with E-state index >= 15 is 0 Å². The minimum Gasteiger partial charge on any atom is -0.468 e. The molecule has 0 aliphatic carbocycles. The summed E-state index contributed by atoms with van der Waals surface area (Å²) in [5.41, 5.74) is 0. The highest BCUT2D eigenvalue weighted by molar-refractivity contribution is 5.02. The van der Waals surface area contributed by atoms with E-state index in [1.54, 1.807) is 18.4 Å². The Morgan fingerprint density at radius 2 is 2.25 bits per heavy atom. The summed E-state index contributed by atoms with van der Waals surface area (Å²) < 4.78 is 44.7. The number of hydrogen-bond donors (Lipinski definition) is 1. The van der Waals surface area contributed by atoms with Gasteiger partial charge in [0, 0.05) is 6.54 Å². The summed E-state index contributed by atoms with van der Waals surface area (Å²) in [6, 6.07) is 3.52. The number of alkyl halides is 3. The van der Waals surface area contributed by atoms with Gasteiger partial charge in [0.25, 0.3) is 0 Å². The lowest BCUT2D eigenvalue weighted by atomic mass is 10.2. The molecule has 3 nitrogen and oxygen atoms in total. The molecular weight excluding hydrogens is 223 g/mol. The SMILES string of the molecule is C[C@H](NCCOCC(F)(F)F)c1ccco1. The monoisotopic (exact) mass is 237 g/mol. The molecule has 0 saturated carbocycles. The van der Waals surface area contributed by atoms with Crippen LogP contribution in [0.1, 0.15) is 18.7 Å². The Hall–Kier alpha value is -1.01. The molecular formula is C10H14F3NO2. The van der Waals surface area contributed by atoms with Crippen molar-refractivity contribution in [2.24, 2.45) is 0 Å². The molecule has 0 spiro atoms. The number of rotatable bonds is 6. The van der Waals surface area contributed by atoms with Crippen LogP contribution in [0.4, 0.5) is 13.2 Å². The minimum absolute atomic E-state index is 0.0184. The molecule has 1 heterocycles. The average Bonchev–Trinajstić information content (AvgIpc) is 2.67. The standard InChI is InChI=1S/C10H14F3NO2/c1-8(9-3-2-5-16-9)14-4-6-15-7-10(11,12)13/h2-3,5,8,14H,4,6-7H2,1H3/t8-/m0/s1. The van der Waals surface area contributed by atoms with E-state index in [0.717, 1.165) is 5.76 Å². The van der Waals surface area contributed by atoms with Crippen LogP contribution in [0.25, 0.3) is 0 Å². The van der Waals surface area contributed by atoms with Gasteiger partial charge in [0.2, 0.25) is 0 Å². The van der Waals surface area contributed by atoms with Crippen LogP contribution in [0.2, 0.25) is 0 Å². The van der Waals surface area contributed by atoms with Crippen LogP contribution in [-0.2, 0) is 4.74 Å².